The van der Waals surface area contributed by atoms with Crippen LogP contribution in [0.15, 0.2) is 18.2 Å². The van der Waals surface area contributed by atoms with Crippen LogP contribution in [0, 0.1) is 0 Å². The molecule has 1 aromatic rings. The number of carbonyl (C=O) groups excluding carboxylic acids is 1. The standard InChI is InChI=1S/C12H16ClNO3/c1-8(3-4-16-2)17-12(15)9-5-10(13)7-11(14)6-9/h5-8H,3-4,14H2,1-2H3. The molecular weight excluding hydrogens is 242 g/mol. The maximum Gasteiger partial charge on any atom is 0.338 e. The van der Waals surface area contributed by atoms with Gasteiger partial charge in [0.05, 0.1) is 5.56 Å². The van der Waals surface area contributed by atoms with E-state index in [1.54, 1.807) is 13.2 Å². The minimum Gasteiger partial charge on any atom is -0.459 e. The number of rotatable bonds is 5. The van der Waals surface area contributed by atoms with E-state index in [0.29, 0.717) is 29.3 Å². The molecule has 1 atom stereocenters. The summed E-state index contributed by atoms with van der Waals surface area (Å²) in [6.07, 6.45) is 0.445. The van der Waals surface area contributed by atoms with Gasteiger partial charge in [0.15, 0.2) is 0 Å². The van der Waals surface area contributed by atoms with Gasteiger partial charge < -0.3 is 15.2 Å². The summed E-state index contributed by atoms with van der Waals surface area (Å²) >= 11 is 5.81. The summed E-state index contributed by atoms with van der Waals surface area (Å²) in [7, 11) is 1.60. The first-order valence-electron chi connectivity index (χ1n) is 5.29. The number of methoxy groups -OCH3 is 1. The molecule has 0 saturated carbocycles. The maximum atomic E-state index is 11.7. The van der Waals surface area contributed by atoms with Crippen molar-refractivity contribution in [1.82, 2.24) is 0 Å². The lowest BCUT2D eigenvalue weighted by Gasteiger charge is -2.13. The van der Waals surface area contributed by atoms with Crippen LogP contribution < -0.4 is 5.73 Å². The van der Waals surface area contributed by atoms with Crippen LogP contribution in [0.5, 0.6) is 0 Å². The highest BCUT2D eigenvalue weighted by Gasteiger charge is 2.13. The molecule has 1 unspecified atom stereocenters. The van der Waals surface area contributed by atoms with Crippen molar-refractivity contribution >= 4 is 23.3 Å². The van der Waals surface area contributed by atoms with Crippen LogP contribution in [-0.4, -0.2) is 25.8 Å². The average molecular weight is 258 g/mol. The third-order valence-corrected chi connectivity index (χ3v) is 2.41. The zero-order chi connectivity index (χ0) is 12.8. The number of carbonyl (C=O) groups is 1. The molecular formula is C12H16ClNO3. The Morgan fingerprint density at radius 3 is 2.76 bits per heavy atom. The molecule has 0 aliphatic rings. The van der Waals surface area contributed by atoms with Crippen LogP contribution in [0.1, 0.15) is 23.7 Å². The molecule has 0 aliphatic heterocycles. The van der Waals surface area contributed by atoms with Crippen molar-refractivity contribution in [1.29, 1.82) is 0 Å². The van der Waals surface area contributed by atoms with Crippen molar-refractivity contribution < 1.29 is 14.3 Å². The lowest BCUT2D eigenvalue weighted by Crippen LogP contribution is -2.16. The summed E-state index contributed by atoms with van der Waals surface area (Å²) < 4.78 is 10.1. The zero-order valence-electron chi connectivity index (χ0n) is 9.90. The fraction of sp³-hybridized carbons (Fsp3) is 0.417. The van der Waals surface area contributed by atoms with Gasteiger partial charge in [0.2, 0.25) is 0 Å². The van der Waals surface area contributed by atoms with Crippen LogP contribution in [-0.2, 0) is 9.47 Å². The first-order chi connectivity index (χ1) is 8.02. The number of halogens is 1. The predicted molar refractivity (Wildman–Crippen MR) is 67.2 cm³/mol. The predicted octanol–water partition coefficient (Wildman–Crippen LogP) is 2.50. The Morgan fingerprint density at radius 1 is 1.47 bits per heavy atom. The van der Waals surface area contributed by atoms with E-state index >= 15 is 0 Å². The van der Waals surface area contributed by atoms with Gasteiger partial charge in [-0.3, -0.25) is 0 Å². The monoisotopic (exact) mass is 257 g/mol. The molecule has 0 fully saturated rings. The first-order valence-corrected chi connectivity index (χ1v) is 5.66. The number of nitrogen functional groups attached to an aromatic ring is 1. The number of esters is 1. The molecule has 94 valence electrons. The Kier molecular flexibility index (Phi) is 5.25. The molecule has 0 heterocycles. The van der Waals surface area contributed by atoms with Crippen LogP contribution >= 0.6 is 11.6 Å². The molecule has 1 rings (SSSR count). The summed E-state index contributed by atoms with van der Waals surface area (Å²) in [4.78, 5) is 11.7. The molecule has 0 amide bonds. The quantitative estimate of drug-likeness (QED) is 0.650. The van der Waals surface area contributed by atoms with Gasteiger partial charge in [0.1, 0.15) is 6.10 Å². The molecule has 0 aliphatic carbocycles. The molecule has 0 aromatic heterocycles. The molecule has 4 nitrogen and oxygen atoms in total. The van der Waals surface area contributed by atoms with E-state index in [1.165, 1.54) is 12.1 Å². The Balaban J connectivity index is 2.63. The molecule has 2 N–H and O–H groups in total. The van der Waals surface area contributed by atoms with E-state index in [0.717, 1.165) is 0 Å². The second-order valence-electron chi connectivity index (χ2n) is 3.77. The van der Waals surface area contributed by atoms with Crippen LogP contribution in [0.3, 0.4) is 0 Å². The van der Waals surface area contributed by atoms with Crippen molar-refractivity contribution in [2.24, 2.45) is 0 Å². The van der Waals surface area contributed by atoms with E-state index in [4.69, 9.17) is 26.8 Å². The Hall–Kier alpha value is -1.26. The minimum atomic E-state index is -0.428. The second-order valence-corrected chi connectivity index (χ2v) is 4.21. The Labute approximate surface area is 106 Å². The van der Waals surface area contributed by atoms with Gasteiger partial charge in [-0.05, 0) is 25.1 Å². The zero-order valence-corrected chi connectivity index (χ0v) is 10.7. The topological polar surface area (TPSA) is 61.5 Å². The smallest absolute Gasteiger partial charge is 0.338 e. The van der Waals surface area contributed by atoms with E-state index in [9.17, 15) is 4.79 Å². The summed E-state index contributed by atoms with van der Waals surface area (Å²) in [5.41, 5.74) is 6.40. The maximum absolute atomic E-state index is 11.7. The fourth-order valence-electron chi connectivity index (χ4n) is 1.32. The lowest BCUT2D eigenvalue weighted by atomic mass is 10.2. The molecule has 1 aromatic carbocycles. The average Bonchev–Trinajstić information content (AvgIpc) is 2.25. The van der Waals surface area contributed by atoms with E-state index < -0.39 is 5.97 Å². The van der Waals surface area contributed by atoms with Gasteiger partial charge in [-0.15, -0.1) is 0 Å². The molecule has 17 heavy (non-hydrogen) atoms. The number of hydrogen-bond acceptors (Lipinski definition) is 4. The molecule has 0 saturated heterocycles. The highest BCUT2D eigenvalue weighted by molar-refractivity contribution is 6.31. The van der Waals surface area contributed by atoms with Crippen LogP contribution in [0.4, 0.5) is 5.69 Å². The summed E-state index contributed by atoms with van der Waals surface area (Å²) in [5.74, 6) is -0.428. The highest BCUT2D eigenvalue weighted by Crippen LogP contribution is 2.18. The summed E-state index contributed by atoms with van der Waals surface area (Å²) in [6.45, 7) is 2.36. The van der Waals surface area contributed by atoms with Gasteiger partial charge >= 0.3 is 5.97 Å². The van der Waals surface area contributed by atoms with Crippen molar-refractivity contribution in [2.45, 2.75) is 19.4 Å². The van der Waals surface area contributed by atoms with Crippen molar-refractivity contribution in [3.63, 3.8) is 0 Å². The van der Waals surface area contributed by atoms with Crippen LogP contribution in [0.2, 0.25) is 5.02 Å². The van der Waals surface area contributed by atoms with E-state index in [2.05, 4.69) is 0 Å². The highest BCUT2D eigenvalue weighted by atomic mass is 35.5. The van der Waals surface area contributed by atoms with Crippen molar-refractivity contribution in [3.05, 3.63) is 28.8 Å². The molecule has 0 bridgehead atoms. The third-order valence-electron chi connectivity index (χ3n) is 2.19. The Morgan fingerprint density at radius 2 is 2.18 bits per heavy atom. The second kappa shape index (κ2) is 6.47. The first kappa shape index (κ1) is 13.8. The van der Waals surface area contributed by atoms with Crippen molar-refractivity contribution in [3.8, 4) is 0 Å². The van der Waals surface area contributed by atoms with Gasteiger partial charge in [0, 0.05) is 30.8 Å². The van der Waals surface area contributed by atoms with Gasteiger partial charge in [0.25, 0.3) is 0 Å². The summed E-state index contributed by atoms with van der Waals surface area (Å²) in [6, 6.07) is 4.65. The summed E-state index contributed by atoms with van der Waals surface area (Å²) in [5, 5.41) is 0.418. The third kappa shape index (κ3) is 4.63. The number of hydrogen-bond donors (Lipinski definition) is 1. The number of anilines is 1. The fourth-order valence-corrected chi connectivity index (χ4v) is 1.57. The van der Waals surface area contributed by atoms with E-state index in [1.807, 2.05) is 6.92 Å². The number of benzene rings is 1. The van der Waals surface area contributed by atoms with Crippen molar-refractivity contribution in [2.75, 3.05) is 19.5 Å². The molecule has 0 radical (unpaired) electrons. The largest absolute Gasteiger partial charge is 0.459 e. The molecule has 5 heteroatoms. The number of ether oxygens (including phenoxy) is 2. The van der Waals surface area contributed by atoms with Crippen LogP contribution in [0.25, 0.3) is 0 Å². The normalized spacial score (nSPS) is 12.2. The van der Waals surface area contributed by atoms with Gasteiger partial charge in [-0.25, -0.2) is 4.79 Å². The van der Waals surface area contributed by atoms with Gasteiger partial charge in [-0.1, -0.05) is 11.6 Å². The molecule has 0 spiro atoms. The minimum absolute atomic E-state index is 0.206. The lowest BCUT2D eigenvalue weighted by molar-refractivity contribution is 0.0267. The Bertz CT molecular complexity index is 375. The SMILES string of the molecule is COCCC(C)OC(=O)c1cc(N)cc(Cl)c1. The van der Waals surface area contributed by atoms with Gasteiger partial charge in [-0.2, -0.15) is 0 Å². The van der Waals surface area contributed by atoms with E-state index in [-0.39, 0.29) is 6.10 Å². The number of nitrogens with two attached hydrogens (primary N) is 1.